The first-order chi connectivity index (χ1) is 9.39. The highest BCUT2D eigenvalue weighted by atomic mass is 79.9. The molecule has 0 heterocycles. The average Bonchev–Trinajstić information content (AvgIpc) is 2.37. The van der Waals surface area contributed by atoms with Gasteiger partial charge in [-0.2, -0.15) is 0 Å². The van der Waals surface area contributed by atoms with Crippen molar-refractivity contribution in [2.75, 3.05) is 10.5 Å². The summed E-state index contributed by atoms with van der Waals surface area (Å²) in [6.07, 6.45) is 0. The van der Waals surface area contributed by atoms with Gasteiger partial charge in [-0.15, -0.1) is 0 Å². The van der Waals surface area contributed by atoms with Crippen LogP contribution in [0.2, 0.25) is 0 Å². The van der Waals surface area contributed by atoms with E-state index in [2.05, 4.69) is 20.7 Å². The molecule has 0 aromatic heterocycles. The molecule has 20 heavy (non-hydrogen) atoms. The molecule has 0 radical (unpaired) electrons. The third kappa shape index (κ3) is 3.52. The largest absolute Gasteiger partial charge is 0.398 e. The molecule has 0 atom stereocenters. The molecular formula is C14H15BrN2O2S. The maximum absolute atomic E-state index is 12.2. The molecule has 0 bridgehead atoms. The molecule has 0 saturated heterocycles. The Bertz CT molecular complexity index is 730. The predicted octanol–water partition coefficient (Wildman–Crippen LogP) is 3.28. The summed E-state index contributed by atoms with van der Waals surface area (Å²) < 4.78 is 27.9. The van der Waals surface area contributed by atoms with Crippen molar-refractivity contribution in [1.82, 2.24) is 0 Å². The van der Waals surface area contributed by atoms with Crippen LogP contribution >= 0.6 is 15.9 Å². The minimum atomic E-state index is -3.50. The van der Waals surface area contributed by atoms with Crippen LogP contribution in [0.25, 0.3) is 0 Å². The quantitative estimate of drug-likeness (QED) is 0.827. The zero-order valence-corrected chi connectivity index (χ0v) is 13.3. The highest BCUT2D eigenvalue weighted by molar-refractivity contribution is 9.10. The minimum Gasteiger partial charge on any atom is -0.398 e. The fourth-order valence-electron chi connectivity index (χ4n) is 1.79. The summed E-state index contributed by atoms with van der Waals surface area (Å²) in [6, 6.07) is 12.3. The second-order valence-electron chi connectivity index (χ2n) is 4.47. The number of anilines is 2. The van der Waals surface area contributed by atoms with Crippen LogP contribution in [0.3, 0.4) is 0 Å². The van der Waals surface area contributed by atoms with E-state index < -0.39 is 10.0 Å². The lowest BCUT2D eigenvalue weighted by molar-refractivity contribution is 0.600. The molecule has 0 fully saturated rings. The fourth-order valence-corrected chi connectivity index (χ4v) is 3.46. The summed E-state index contributed by atoms with van der Waals surface area (Å²) in [6.45, 7) is 1.85. The second kappa shape index (κ2) is 5.85. The Balaban J connectivity index is 2.24. The first-order valence-corrected chi connectivity index (χ1v) is 8.42. The van der Waals surface area contributed by atoms with Crippen LogP contribution in [0.4, 0.5) is 11.4 Å². The lowest BCUT2D eigenvalue weighted by atomic mass is 10.2. The van der Waals surface area contributed by atoms with E-state index in [0.29, 0.717) is 16.9 Å². The maximum atomic E-state index is 12.2. The van der Waals surface area contributed by atoms with Crippen LogP contribution in [0.15, 0.2) is 46.9 Å². The van der Waals surface area contributed by atoms with Crippen molar-refractivity contribution in [2.24, 2.45) is 0 Å². The lowest BCUT2D eigenvalue weighted by Crippen LogP contribution is -2.16. The molecule has 2 aromatic carbocycles. The first-order valence-electron chi connectivity index (χ1n) is 5.98. The van der Waals surface area contributed by atoms with E-state index in [0.717, 1.165) is 10.0 Å². The van der Waals surface area contributed by atoms with E-state index in [-0.39, 0.29) is 5.75 Å². The number of nitrogens with one attached hydrogen (secondary N) is 1. The summed E-state index contributed by atoms with van der Waals surface area (Å²) in [7, 11) is -3.50. The highest BCUT2D eigenvalue weighted by Crippen LogP contribution is 2.25. The van der Waals surface area contributed by atoms with E-state index >= 15 is 0 Å². The molecule has 0 aliphatic carbocycles. The smallest absolute Gasteiger partial charge is 0.237 e. The van der Waals surface area contributed by atoms with Gasteiger partial charge in [-0.05, 0) is 36.2 Å². The molecule has 0 amide bonds. The van der Waals surface area contributed by atoms with Gasteiger partial charge in [0.15, 0.2) is 0 Å². The monoisotopic (exact) mass is 354 g/mol. The number of benzene rings is 2. The van der Waals surface area contributed by atoms with Gasteiger partial charge in [-0.3, -0.25) is 4.72 Å². The number of hydrogen-bond donors (Lipinski definition) is 2. The molecule has 2 aromatic rings. The van der Waals surface area contributed by atoms with Crippen LogP contribution in [0.5, 0.6) is 0 Å². The number of hydrogen-bond acceptors (Lipinski definition) is 3. The lowest BCUT2D eigenvalue weighted by Gasteiger charge is -2.12. The van der Waals surface area contributed by atoms with Crippen LogP contribution < -0.4 is 10.5 Å². The molecule has 0 aliphatic heterocycles. The Morgan fingerprint density at radius 1 is 1.15 bits per heavy atom. The van der Waals surface area contributed by atoms with E-state index in [1.807, 2.05) is 13.0 Å². The third-order valence-corrected chi connectivity index (χ3v) is 5.01. The van der Waals surface area contributed by atoms with Gasteiger partial charge < -0.3 is 5.73 Å². The maximum Gasteiger partial charge on any atom is 0.237 e. The highest BCUT2D eigenvalue weighted by Gasteiger charge is 2.15. The number of sulfonamides is 1. The summed E-state index contributed by atoms with van der Waals surface area (Å²) in [4.78, 5) is 0. The van der Waals surface area contributed by atoms with Crippen LogP contribution in [0.1, 0.15) is 11.1 Å². The molecule has 0 saturated carbocycles. The standard InChI is InChI=1S/C14H15BrN2O2S/c1-10-12(15)6-4-8-14(10)17-20(18,19)9-11-5-2-3-7-13(11)16/h2-8,17H,9,16H2,1H3. The van der Waals surface area contributed by atoms with Crippen molar-refractivity contribution in [3.8, 4) is 0 Å². The Morgan fingerprint density at radius 3 is 2.55 bits per heavy atom. The molecule has 3 N–H and O–H groups in total. The van der Waals surface area contributed by atoms with Gasteiger partial charge in [-0.1, -0.05) is 40.2 Å². The number of nitrogen functional groups attached to an aromatic ring is 1. The number of halogens is 1. The normalized spacial score (nSPS) is 11.3. The van der Waals surface area contributed by atoms with Crippen molar-refractivity contribution in [3.63, 3.8) is 0 Å². The van der Waals surface area contributed by atoms with Gasteiger partial charge in [0.25, 0.3) is 0 Å². The molecule has 0 unspecified atom stereocenters. The number of nitrogens with two attached hydrogens (primary N) is 1. The molecule has 0 spiro atoms. The molecule has 6 heteroatoms. The van der Waals surface area contributed by atoms with Gasteiger partial charge in [0, 0.05) is 10.2 Å². The van der Waals surface area contributed by atoms with E-state index in [1.54, 1.807) is 36.4 Å². The first kappa shape index (κ1) is 14.9. The Kier molecular flexibility index (Phi) is 4.35. The van der Waals surface area contributed by atoms with Gasteiger partial charge >= 0.3 is 0 Å². The average molecular weight is 355 g/mol. The molecular weight excluding hydrogens is 340 g/mol. The molecule has 0 aliphatic rings. The number of para-hydroxylation sites is 1. The van der Waals surface area contributed by atoms with Gasteiger partial charge in [-0.25, -0.2) is 8.42 Å². The zero-order valence-electron chi connectivity index (χ0n) is 10.9. The Hall–Kier alpha value is -1.53. The summed E-state index contributed by atoms with van der Waals surface area (Å²) in [5.41, 5.74) is 8.25. The predicted molar refractivity (Wildman–Crippen MR) is 86.0 cm³/mol. The van der Waals surface area contributed by atoms with Crippen molar-refractivity contribution in [1.29, 1.82) is 0 Å². The minimum absolute atomic E-state index is 0.147. The number of rotatable bonds is 4. The molecule has 4 nitrogen and oxygen atoms in total. The summed E-state index contributed by atoms with van der Waals surface area (Å²) >= 11 is 3.38. The fraction of sp³-hybridized carbons (Fsp3) is 0.143. The zero-order chi connectivity index (χ0) is 14.8. The van der Waals surface area contributed by atoms with Crippen molar-refractivity contribution in [3.05, 3.63) is 58.1 Å². The van der Waals surface area contributed by atoms with Crippen molar-refractivity contribution < 1.29 is 8.42 Å². The molecule has 2 rings (SSSR count). The van der Waals surface area contributed by atoms with Crippen LogP contribution in [-0.2, 0) is 15.8 Å². The van der Waals surface area contributed by atoms with Crippen molar-refractivity contribution in [2.45, 2.75) is 12.7 Å². The van der Waals surface area contributed by atoms with Gasteiger partial charge in [0.2, 0.25) is 10.0 Å². The van der Waals surface area contributed by atoms with Crippen LogP contribution in [-0.4, -0.2) is 8.42 Å². The third-order valence-electron chi connectivity index (χ3n) is 2.93. The second-order valence-corrected chi connectivity index (χ2v) is 7.05. The van der Waals surface area contributed by atoms with Crippen molar-refractivity contribution >= 4 is 37.3 Å². The summed E-state index contributed by atoms with van der Waals surface area (Å²) in [5, 5.41) is 0. The van der Waals surface area contributed by atoms with Crippen LogP contribution in [0, 0.1) is 6.92 Å². The van der Waals surface area contributed by atoms with Gasteiger partial charge in [0.05, 0.1) is 11.4 Å². The Labute approximate surface area is 127 Å². The van der Waals surface area contributed by atoms with E-state index in [1.165, 1.54) is 0 Å². The van der Waals surface area contributed by atoms with Gasteiger partial charge in [0.1, 0.15) is 0 Å². The topological polar surface area (TPSA) is 72.2 Å². The molecule has 106 valence electrons. The Morgan fingerprint density at radius 2 is 1.85 bits per heavy atom. The van der Waals surface area contributed by atoms with E-state index in [4.69, 9.17) is 5.73 Å². The van der Waals surface area contributed by atoms with E-state index in [9.17, 15) is 8.42 Å². The summed E-state index contributed by atoms with van der Waals surface area (Å²) in [5.74, 6) is -0.147. The SMILES string of the molecule is Cc1c(Br)cccc1NS(=O)(=O)Cc1ccccc1N.